The molecular formula is C9H17NO2. The highest BCUT2D eigenvalue weighted by Crippen LogP contribution is 2.29. The Balaban J connectivity index is 1.97. The number of aliphatic hydroxyl groups excluding tert-OH is 1. The van der Waals surface area contributed by atoms with Gasteiger partial charge in [-0.1, -0.05) is 0 Å². The number of rotatable bonds is 0. The van der Waals surface area contributed by atoms with Crippen molar-refractivity contribution in [1.82, 2.24) is 5.32 Å². The first-order valence-electron chi connectivity index (χ1n) is 4.82. The van der Waals surface area contributed by atoms with Crippen LogP contribution in [0.2, 0.25) is 0 Å². The third-order valence-corrected chi connectivity index (χ3v) is 3.05. The Morgan fingerprint density at radius 2 is 2.08 bits per heavy atom. The van der Waals surface area contributed by atoms with Crippen LogP contribution in [-0.2, 0) is 4.74 Å². The van der Waals surface area contributed by atoms with Crippen LogP contribution in [0.5, 0.6) is 0 Å². The molecule has 0 aromatic rings. The Hall–Kier alpha value is -0.120. The molecule has 0 unspecified atom stereocenters. The van der Waals surface area contributed by atoms with E-state index in [1.54, 1.807) is 0 Å². The van der Waals surface area contributed by atoms with Crippen molar-refractivity contribution in [2.24, 2.45) is 0 Å². The maximum absolute atomic E-state index is 9.55. The fraction of sp³-hybridized carbons (Fsp3) is 1.00. The number of ether oxygens (including phenoxy) is 1. The number of nitrogens with one attached hydrogen (secondary N) is 1. The average Bonchev–Trinajstić information content (AvgIpc) is 2.05. The van der Waals surface area contributed by atoms with Crippen LogP contribution in [0.25, 0.3) is 0 Å². The minimum atomic E-state index is -0.0932. The topological polar surface area (TPSA) is 41.5 Å². The molecule has 0 amide bonds. The molecule has 2 saturated heterocycles. The van der Waals surface area contributed by atoms with Crippen LogP contribution in [0.1, 0.15) is 25.7 Å². The average molecular weight is 171 g/mol. The van der Waals surface area contributed by atoms with E-state index in [4.69, 9.17) is 4.74 Å². The summed E-state index contributed by atoms with van der Waals surface area (Å²) >= 11 is 0. The Bertz CT molecular complexity index is 149. The molecule has 12 heavy (non-hydrogen) atoms. The van der Waals surface area contributed by atoms with Crippen molar-refractivity contribution in [2.75, 3.05) is 19.8 Å². The van der Waals surface area contributed by atoms with Crippen LogP contribution < -0.4 is 5.32 Å². The molecule has 70 valence electrons. The lowest BCUT2D eigenvalue weighted by Crippen LogP contribution is -2.55. The number of piperidine rings is 1. The number of hydrogen-bond donors (Lipinski definition) is 2. The van der Waals surface area contributed by atoms with E-state index in [9.17, 15) is 5.11 Å². The first kappa shape index (κ1) is 8.48. The zero-order valence-corrected chi connectivity index (χ0v) is 7.38. The molecule has 2 rings (SSSR count). The summed E-state index contributed by atoms with van der Waals surface area (Å²) < 4.78 is 5.31. The van der Waals surface area contributed by atoms with Crippen LogP contribution in [0.4, 0.5) is 0 Å². The number of aliphatic hydroxyl groups is 1. The van der Waals surface area contributed by atoms with Crippen LogP contribution >= 0.6 is 0 Å². The van der Waals surface area contributed by atoms with Gasteiger partial charge >= 0.3 is 0 Å². The maximum Gasteiger partial charge on any atom is 0.0570 e. The molecule has 0 saturated carbocycles. The van der Waals surface area contributed by atoms with Crippen molar-refractivity contribution >= 4 is 0 Å². The van der Waals surface area contributed by atoms with E-state index in [0.717, 1.165) is 45.4 Å². The van der Waals surface area contributed by atoms with Crippen LogP contribution in [-0.4, -0.2) is 36.5 Å². The van der Waals surface area contributed by atoms with Gasteiger partial charge in [0.25, 0.3) is 0 Å². The summed E-state index contributed by atoms with van der Waals surface area (Å²) in [5.41, 5.74) is 0.204. The van der Waals surface area contributed by atoms with Crippen molar-refractivity contribution in [2.45, 2.75) is 37.3 Å². The summed E-state index contributed by atoms with van der Waals surface area (Å²) in [6.07, 6.45) is 3.84. The minimum Gasteiger partial charge on any atom is -0.393 e. The monoisotopic (exact) mass is 171 g/mol. The molecule has 3 nitrogen and oxygen atoms in total. The molecule has 1 spiro atoms. The fourth-order valence-corrected chi connectivity index (χ4v) is 2.27. The van der Waals surface area contributed by atoms with E-state index in [-0.39, 0.29) is 11.6 Å². The van der Waals surface area contributed by atoms with Crippen molar-refractivity contribution in [3.05, 3.63) is 0 Å². The SMILES string of the molecule is O[C@@H]1CCNC2(CCOCC2)C1. The molecule has 0 aliphatic carbocycles. The lowest BCUT2D eigenvalue weighted by molar-refractivity contribution is -0.00541. The first-order valence-corrected chi connectivity index (χ1v) is 4.82. The zero-order chi connectivity index (χ0) is 8.44. The molecule has 2 aliphatic heterocycles. The van der Waals surface area contributed by atoms with E-state index < -0.39 is 0 Å². The van der Waals surface area contributed by atoms with Crippen LogP contribution in [0.15, 0.2) is 0 Å². The third kappa shape index (κ3) is 1.63. The predicted octanol–water partition coefficient (Wildman–Crippen LogP) is 0.280. The lowest BCUT2D eigenvalue weighted by Gasteiger charge is -2.43. The molecule has 3 heteroatoms. The maximum atomic E-state index is 9.55. The molecule has 2 N–H and O–H groups in total. The normalized spacial score (nSPS) is 35.2. The van der Waals surface area contributed by atoms with Gasteiger partial charge in [-0.15, -0.1) is 0 Å². The van der Waals surface area contributed by atoms with Gasteiger partial charge in [-0.05, 0) is 32.2 Å². The summed E-state index contributed by atoms with van der Waals surface area (Å²) in [4.78, 5) is 0. The zero-order valence-electron chi connectivity index (χ0n) is 7.38. The Kier molecular flexibility index (Phi) is 2.35. The van der Waals surface area contributed by atoms with Crippen molar-refractivity contribution in [1.29, 1.82) is 0 Å². The summed E-state index contributed by atoms with van der Waals surface area (Å²) in [6.45, 7) is 2.65. The summed E-state index contributed by atoms with van der Waals surface area (Å²) in [6, 6.07) is 0. The van der Waals surface area contributed by atoms with E-state index in [2.05, 4.69) is 5.32 Å². The van der Waals surface area contributed by atoms with Gasteiger partial charge in [0, 0.05) is 18.8 Å². The van der Waals surface area contributed by atoms with Crippen LogP contribution in [0, 0.1) is 0 Å². The highest BCUT2D eigenvalue weighted by Gasteiger charge is 2.36. The molecule has 0 bridgehead atoms. The van der Waals surface area contributed by atoms with Gasteiger partial charge in [-0.25, -0.2) is 0 Å². The van der Waals surface area contributed by atoms with Gasteiger partial charge in [0.15, 0.2) is 0 Å². The van der Waals surface area contributed by atoms with Gasteiger partial charge in [0.1, 0.15) is 0 Å². The van der Waals surface area contributed by atoms with Crippen LogP contribution in [0.3, 0.4) is 0 Å². The Morgan fingerprint density at radius 1 is 1.33 bits per heavy atom. The standard InChI is InChI=1S/C9H17NO2/c11-8-1-4-10-9(7-8)2-5-12-6-3-9/h8,10-11H,1-7H2/t8-/m1/s1. The molecular weight excluding hydrogens is 154 g/mol. The van der Waals surface area contributed by atoms with Gasteiger partial charge in [0.05, 0.1) is 6.10 Å². The van der Waals surface area contributed by atoms with Crippen molar-refractivity contribution in [3.63, 3.8) is 0 Å². The second kappa shape index (κ2) is 3.32. The van der Waals surface area contributed by atoms with Crippen molar-refractivity contribution in [3.8, 4) is 0 Å². The molecule has 0 aromatic heterocycles. The molecule has 0 radical (unpaired) electrons. The molecule has 2 heterocycles. The minimum absolute atomic E-state index is 0.0932. The molecule has 0 aromatic carbocycles. The second-order valence-corrected chi connectivity index (χ2v) is 3.97. The van der Waals surface area contributed by atoms with Gasteiger partial charge in [-0.2, -0.15) is 0 Å². The Morgan fingerprint density at radius 3 is 2.75 bits per heavy atom. The van der Waals surface area contributed by atoms with E-state index in [0.29, 0.717) is 0 Å². The van der Waals surface area contributed by atoms with E-state index in [1.807, 2.05) is 0 Å². The summed E-state index contributed by atoms with van der Waals surface area (Å²) in [5.74, 6) is 0. The van der Waals surface area contributed by atoms with E-state index in [1.165, 1.54) is 0 Å². The van der Waals surface area contributed by atoms with Gasteiger partial charge < -0.3 is 15.2 Å². The second-order valence-electron chi connectivity index (χ2n) is 3.97. The van der Waals surface area contributed by atoms with E-state index >= 15 is 0 Å². The highest BCUT2D eigenvalue weighted by atomic mass is 16.5. The first-order chi connectivity index (χ1) is 5.81. The van der Waals surface area contributed by atoms with Gasteiger partial charge in [-0.3, -0.25) is 0 Å². The Labute approximate surface area is 73.1 Å². The molecule has 1 atom stereocenters. The van der Waals surface area contributed by atoms with Gasteiger partial charge in [0.2, 0.25) is 0 Å². The summed E-state index contributed by atoms with van der Waals surface area (Å²) in [7, 11) is 0. The summed E-state index contributed by atoms with van der Waals surface area (Å²) in [5, 5.41) is 13.1. The quantitative estimate of drug-likeness (QED) is 0.550. The third-order valence-electron chi connectivity index (χ3n) is 3.05. The smallest absolute Gasteiger partial charge is 0.0570 e. The largest absolute Gasteiger partial charge is 0.393 e. The molecule has 2 aliphatic rings. The predicted molar refractivity (Wildman–Crippen MR) is 46.0 cm³/mol. The molecule has 2 fully saturated rings. The van der Waals surface area contributed by atoms with Crippen molar-refractivity contribution < 1.29 is 9.84 Å². The fourth-order valence-electron chi connectivity index (χ4n) is 2.27. The lowest BCUT2D eigenvalue weighted by atomic mass is 9.81. The highest BCUT2D eigenvalue weighted by molar-refractivity contribution is 4.95. The number of hydrogen-bond acceptors (Lipinski definition) is 3.